The summed E-state index contributed by atoms with van der Waals surface area (Å²) in [5.74, 6) is 0. The van der Waals surface area contributed by atoms with Crippen LogP contribution < -0.4 is 10.9 Å². The fourth-order valence-electron chi connectivity index (χ4n) is 1.69. The minimum Gasteiger partial charge on any atom is -0.379 e. The Hall–Kier alpha value is -0.880. The van der Waals surface area contributed by atoms with Crippen LogP contribution in [0.3, 0.4) is 0 Å². The predicted octanol–water partition coefficient (Wildman–Crippen LogP) is 1.13. The Kier molecular flexibility index (Phi) is 3.60. The molecule has 1 atom stereocenters. The lowest BCUT2D eigenvalue weighted by atomic mass is 10.1. The molecule has 0 spiro atoms. The van der Waals surface area contributed by atoms with Gasteiger partial charge in [-0.05, 0) is 28.8 Å². The molecule has 0 aromatic carbocycles. The number of nitrogens with zero attached hydrogens (tertiary/aromatic N) is 2. The van der Waals surface area contributed by atoms with Crippen LogP contribution in [0.5, 0.6) is 0 Å². The Morgan fingerprint density at radius 1 is 1.69 bits per heavy atom. The third-order valence-electron chi connectivity index (χ3n) is 2.60. The van der Waals surface area contributed by atoms with Gasteiger partial charge in [0.15, 0.2) is 0 Å². The average molecular weight is 288 g/mol. The first-order chi connectivity index (χ1) is 7.68. The van der Waals surface area contributed by atoms with Crippen LogP contribution in [0.2, 0.25) is 0 Å². The van der Waals surface area contributed by atoms with Crippen molar-refractivity contribution in [2.45, 2.75) is 18.9 Å². The maximum Gasteiger partial charge on any atom is 0.282 e. The van der Waals surface area contributed by atoms with Gasteiger partial charge in [-0.25, -0.2) is 4.68 Å². The maximum atomic E-state index is 11.6. The minimum atomic E-state index is -0.137. The van der Waals surface area contributed by atoms with Gasteiger partial charge >= 0.3 is 0 Å². The van der Waals surface area contributed by atoms with Crippen molar-refractivity contribution in [1.29, 1.82) is 0 Å². The SMILES string of the molecule is Cn1ncc(NC2CCCOC2)c(Br)c1=O. The van der Waals surface area contributed by atoms with E-state index in [2.05, 4.69) is 26.3 Å². The van der Waals surface area contributed by atoms with E-state index in [9.17, 15) is 4.79 Å². The van der Waals surface area contributed by atoms with Gasteiger partial charge in [-0.15, -0.1) is 0 Å². The highest BCUT2D eigenvalue weighted by atomic mass is 79.9. The summed E-state index contributed by atoms with van der Waals surface area (Å²) in [6, 6.07) is 0.263. The van der Waals surface area contributed by atoms with Crippen molar-refractivity contribution in [1.82, 2.24) is 9.78 Å². The van der Waals surface area contributed by atoms with Gasteiger partial charge in [0.1, 0.15) is 4.47 Å². The molecule has 0 aliphatic carbocycles. The number of hydrogen-bond acceptors (Lipinski definition) is 4. The van der Waals surface area contributed by atoms with Crippen molar-refractivity contribution in [3.63, 3.8) is 0 Å². The Bertz CT molecular complexity index is 427. The summed E-state index contributed by atoms with van der Waals surface area (Å²) in [5.41, 5.74) is 0.598. The molecule has 1 aliphatic heterocycles. The monoisotopic (exact) mass is 287 g/mol. The van der Waals surface area contributed by atoms with E-state index < -0.39 is 0 Å². The third kappa shape index (κ3) is 2.44. The number of hydrogen-bond donors (Lipinski definition) is 1. The normalized spacial score (nSPS) is 20.8. The molecule has 2 heterocycles. The Morgan fingerprint density at radius 3 is 3.19 bits per heavy atom. The average Bonchev–Trinajstić information content (AvgIpc) is 2.31. The molecule has 1 unspecified atom stereocenters. The molecule has 1 aliphatic rings. The molecule has 5 nitrogen and oxygen atoms in total. The molecule has 6 heteroatoms. The second-order valence-corrected chi connectivity index (χ2v) is 4.65. The van der Waals surface area contributed by atoms with Gasteiger partial charge in [0.05, 0.1) is 18.5 Å². The molecule has 1 fully saturated rings. The lowest BCUT2D eigenvalue weighted by Crippen LogP contribution is -2.31. The topological polar surface area (TPSA) is 56.1 Å². The van der Waals surface area contributed by atoms with E-state index in [-0.39, 0.29) is 11.6 Å². The molecule has 1 saturated heterocycles. The lowest BCUT2D eigenvalue weighted by molar-refractivity contribution is 0.0876. The Morgan fingerprint density at radius 2 is 2.50 bits per heavy atom. The van der Waals surface area contributed by atoms with Gasteiger partial charge in [-0.3, -0.25) is 4.79 Å². The molecule has 0 bridgehead atoms. The minimum absolute atomic E-state index is 0.137. The number of rotatable bonds is 2. The summed E-state index contributed by atoms with van der Waals surface area (Å²) in [5, 5.41) is 7.25. The predicted molar refractivity (Wildman–Crippen MR) is 64.6 cm³/mol. The highest BCUT2D eigenvalue weighted by molar-refractivity contribution is 9.10. The number of nitrogens with one attached hydrogen (secondary N) is 1. The maximum absolute atomic E-state index is 11.6. The van der Waals surface area contributed by atoms with E-state index in [1.807, 2.05) is 0 Å². The van der Waals surface area contributed by atoms with E-state index in [1.54, 1.807) is 13.2 Å². The number of halogens is 1. The highest BCUT2D eigenvalue weighted by Crippen LogP contribution is 2.19. The third-order valence-corrected chi connectivity index (χ3v) is 3.36. The molecule has 1 aromatic heterocycles. The van der Waals surface area contributed by atoms with E-state index in [0.717, 1.165) is 25.1 Å². The van der Waals surface area contributed by atoms with Gasteiger partial charge in [-0.1, -0.05) is 0 Å². The number of aryl methyl sites for hydroxylation is 1. The van der Waals surface area contributed by atoms with Crippen LogP contribution in [0.1, 0.15) is 12.8 Å². The summed E-state index contributed by atoms with van der Waals surface area (Å²) in [6.45, 7) is 1.51. The molecule has 16 heavy (non-hydrogen) atoms. The van der Waals surface area contributed by atoms with Crippen LogP contribution >= 0.6 is 15.9 Å². The molecule has 88 valence electrons. The molecule has 2 rings (SSSR count). The van der Waals surface area contributed by atoms with Crippen molar-refractivity contribution < 1.29 is 4.74 Å². The first-order valence-corrected chi connectivity index (χ1v) is 6.04. The second kappa shape index (κ2) is 4.97. The van der Waals surface area contributed by atoms with Gasteiger partial charge in [0, 0.05) is 19.7 Å². The van der Waals surface area contributed by atoms with Crippen molar-refractivity contribution >= 4 is 21.6 Å². The fraction of sp³-hybridized carbons (Fsp3) is 0.600. The summed E-state index contributed by atoms with van der Waals surface area (Å²) in [4.78, 5) is 11.6. The number of ether oxygens (including phenoxy) is 1. The van der Waals surface area contributed by atoms with E-state index in [4.69, 9.17) is 4.74 Å². The molecule has 1 aromatic rings. The van der Waals surface area contributed by atoms with Crippen LogP contribution in [-0.4, -0.2) is 29.0 Å². The Balaban J connectivity index is 2.15. The van der Waals surface area contributed by atoms with Crippen LogP contribution in [0.25, 0.3) is 0 Å². The van der Waals surface area contributed by atoms with Crippen molar-refractivity contribution in [2.75, 3.05) is 18.5 Å². The molecule has 0 saturated carbocycles. The van der Waals surface area contributed by atoms with Gasteiger partial charge in [-0.2, -0.15) is 5.10 Å². The lowest BCUT2D eigenvalue weighted by Gasteiger charge is -2.24. The van der Waals surface area contributed by atoms with Gasteiger partial charge in [0.2, 0.25) is 0 Å². The summed E-state index contributed by atoms with van der Waals surface area (Å²) in [7, 11) is 1.63. The van der Waals surface area contributed by atoms with Crippen molar-refractivity contribution in [2.24, 2.45) is 7.05 Å². The van der Waals surface area contributed by atoms with Gasteiger partial charge in [0.25, 0.3) is 5.56 Å². The smallest absolute Gasteiger partial charge is 0.282 e. The zero-order valence-corrected chi connectivity index (χ0v) is 10.7. The van der Waals surface area contributed by atoms with E-state index in [0.29, 0.717) is 11.1 Å². The summed E-state index contributed by atoms with van der Waals surface area (Å²) >= 11 is 3.28. The summed E-state index contributed by atoms with van der Waals surface area (Å²) < 4.78 is 7.19. The van der Waals surface area contributed by atoms with E-state index in [1.165, 1.54) is 4.68 Å². The summed E-state index contributed by atoms with van der Waals surface area (Å²) in [6.07, 6.45) is 3.76. The quantitative estimate of drug-likeness (QED) is 0.886. The first-order valence-electron chi connectivity index (χ1n) is 5.24. The zero-order chi connectivity index (χ0) is 11.5. The zero-order valence-electron chi connectivity index (χ0n) is 9.07. The fourth-order valence-corrected chi connectivity index (χ4v) is 2.16. The molecular formula is C10H14BrN3O2. The molecule has 0 amide bonds. The number of anilines is 1. The standard InChI is InChI=1S/C10H14BrN3O2/c1-14-10(15)9(11)8(5-12-14)13-7-3-2-4-16-6-7/h5,7,13H,2-4,6H2,1H3. The highest BCUT2D eigenvalue weighted by Gasteiger charge is 2.16. The second-order valence-electron chi connectivity index (χ2n) is 3.86. The van der Waals surface area contributed by atoms with E-state index >= 15 is 0 Å². The van der Waals surface area contributed by atoms with Gasteiger partial charge < -0.3 is 10.1 Å². The Labute approximate surface area is 102 Å². The molecule has 1 N–H and O–H groups in total. The van der Waals surface area contributed by atoms with Crippen LogP contribution in [0, 0.1) is 0 Å². The van der Waals surface area contributed by atoms with Crippen LogP contribution in [0.15, 0.2) is 15.5 Å². The van der Waals surface area contributed by atoms with Crippen LogP contribution in [-0.2, 0) is 11.8 Å². The largest absolute Gasteiger partial charge is 0.379 e. The molecule has 0 radical (unpaired) electrons. The van der Waals surface area contributed by atoms with Crippen LogP contribution in [0.4, 0.5) is 5.69 Å². The first kappa shape index (κ1) is 11.6. The van der Waals surface area contributed by atoms with Crippen molar-refractivity contribution in [3.05, 3.63) is 21.0 Å². The van der Waals surface area contributed by atoms with Crippen molar-refractivity contribution in [3.8, 4) is 0 Å². The molecular weight excluding hydrogens is 274 g/mol. The number of aromatic nitrogens is 2.